The first kappa shape index (κ1) is 21.1. The van der Waals surface area contributed by atoms with Crippen LogP contribution in [-0.4, -0.2) is 25.4 Å². The highest BCUT2D eigenvalue weighted by Gasteiger charge is 2.39. The summed E-state index contributed by atoms with van der Waals surface area (Å²) in [5, 5.41) is -1.25. The third-order valence-electron chi connectivity index (χ3n) is 4.03. The zero-order chi connectivity index (χ0) is 21.3. The van der Waals surface area contributed by atoms with Gasteiger partial charge in [-0.25, -0.2) is 4.90 Å². The zero-order valence-electron chi connectivity index (χ0n) is 15.0. The van der Waals surface area contributed by atoms with Gasteiger partial charge in [-0.2, -0.15) is 13.2 Å². The van der Waals surface area contributed by atoms with Gasteiger partial charge in [0.25, 0.3) is 11.1 Å². The van der Waals surface area contributed by atoms with Crippen LogP contribution in [0.1, 0.15) is 11.1 Å². The standard InChI is InChI=1S/C19H13ClF3NO4S/c1-27-14-5-3-4-10(16(14)28-2)8-15-17(25)24(18(26)29-15)11-6-7-13(20)12(9-11)19(21,22)23/h3-9H,1-2H3/b15-8-. The molecule has 3 rings (SSSR count). The molecule has 0 aromatic heterocycles. The van der Waals surface area contributed by atoms with E-state index in [1.807, 2.05) is 0 Å². The maximum absolute atomic E-state index is 13.1. The molecule has 2 aromatic carbocycles. The highest BCUT2D eigenvalue weighted by molar-refractivity contribution is 8.19. The Balaban J connectivity index is 2.01. The second kappa shape index (κ2) is 8.00. The summed E-state index contributed by atoms with van der Waals surface area (Å²) in [5.41, 5.74) is -0.871. The summed E-state index contributed by atoms with van der Waals surface area (Å²) >= 11 is 6.22. The summed E-state index contributed by atoms with van der Waals surface area (Å²) in [5.74, 6) is 0.0287. The lowest BCUT2D eigenvalue weighted by Crippen LogP contribution is -2.28. The molecule has 1 heterocycles. The van der Waals surface area contributed by atoms with Crippen LogP contribution in [0, 0.1) is 0 Å². The Labute approximate surface area is 173 Å². The number of hydrogen-bond donors (Lipinski definition) is 0. The van der Waals surface area contributed by atoms with E-state index in [1.165, 1.54) is 26.4 Å². The van der Waals surface area contributed by atoms with E-state index in [1.54, 1.807) is 18.2 Å². The fourth-order valence-electron chi connectivity index (χ4n) is 2.73. The van der Waals surface area contributed by atoms with Gasteiger partial charge in [-0.3, -0.25) is 9.59 Å². The fourth-order valence-corrected chi connectivity index (χ4v) is 3.78. The summed E-state index contributed by atoms with van der Waals surface area (Å²) in [6.07, 6.45) is -3.30. The predicted molar refractivity (Wildman–Crippen MR) is 104 cm³/mol. The first-order valence-corrected chi connectivity index (χ1v) is 9.22. The molecule has 0 saturated carbocycles. The number of methoxy groups -OCH3 is 2. The number of amides is 2. The molecule has 1 saturated heterocycles. The minimum absolute atomic E-state index is 0.0325. The molecule has 1 aliphatic heterocycles. The average molecular weight is 444 g/mol. The largest absolute Gasteiger partial charge is 0.493 e. The van der Waals surface area contributed by atoms with Crippen molar-refractivity contribution < 1.29 is 32.2 Å². The summed E-state index contributed by atoms with van der Waals surface area (Å²) < 4.78 is 49.8. The van der Waals surface area contributed by atoms with Gasteiger partial charge in [0, 0.05) is 5.56 Å². The van der Waals surface area contributed by atoms with Crippen LogP contribution in [-0.2, 0) is 11.0 Å². The van der Waals surface area contributed by atoms with Gasteiger partial charge >= 0.3 is 6.18 Å². The Kier molecular flexibility index (Phi) is 5.81. The van der Waals surface area contributed by atoms with Gasteiger partial charge in [-0.15, -0.1) is 0 Å². The number of nitrogens with zero attached hydrogens (tertiary/aromatic N) is 1. The first-order valence-electron chi connectivity index (χ1n) is 8.03. The molecular weight excluding hydrogens is 431 g/mol. The van der Waals surface area contributed by atoms with Crippen LogP contribution in [0.3, 0.4) is 0 Å². The van der Waals surface area contributed by atoms with Crippen LogP contribution in [0.25, 0.3) is 6.08 Å². The van der Waals surface area contributed by atoms with Crippen molar-refractivity contribution in [2.75, 3.05) is 19.1 Å². The average Bonchev–Trinajstić information content (AvgIpc) is 2.94. The van der Waals surface area contributed by atoms with E-state index < -0.39 is 27.9 Å². The SMILES string of the molecule is COc1cccc(/C=C2\SC(=O)N(c3ccc(Cl)c(C(F)(F)F)c3)C2=O)c1OC. The van der Waals surface area contributed by atoms with Crippen molar-refractivity contribution in [1.82, 2.24) is 0 Å². The molecule has 0 radical (unpaired) electrons. The highest BCUT2D eigenvalue weighted by Crippen LogP contribution is 2.42. The van der Waals surface area contributed by atoms with Crippen LogP contribution >= 0.6 is 23.4 Å². The number of anilines is 1. The Morgan fingerprint density at radius 3 is 2.45 bits per heavy atom. The van der Waals surface area contributed by atoms with Gasteiger partial charge in [0.2, 0.25) is 0 Å². The maximum atomic E-state index is 13.1. The number of imide groups is 1. The van der Waals surface area contributed by atoms with Gasteiger partial charge < -0.3 is 9.47 Å². The van der Waals surface area contributed by atoms with Gasteiger partial charge in [-0.1, -0.05) is 23.7 Å². The second-order valence-corrected chi connectivity index (χ2v) is 7.16. The molecule has 2 aromatic rings. The van der Waals surface area contributed by atoms with Gasteiger partial charge in [-0.05, 0) is 42.1 Å². The van der Waals surface area contributed by atoms with E-state index in [0.29, 0.717) is 39.8 Å². The fraction of sp³-hybridized carbons (Fsp3) is 0.158. The summed E-state index contributed by atoms with van der Waals surface area (Å²) in [6, 6.07) is 7.84. The van der Waals surface area contributed by atoms with Crippen LogP contribution in [0.15, 0.2) is 41.3 Å². The number of hydrogen-bond acceptors (Lipinski definition) is 5. The minimum Gasteiger partial charge on any atom is -0.493 e. The van der Waals surface area contributed by atoms with E-state index in [4.69, 9.17) is 21.1 Å². The number of carbonyl (C=O) groups excluding carboxylic acids is 2. The van der Waals surface area contributed by atoms with Crippen LogP contribution in [0.5, 0.6) is 11.5 Å². The zero-order valence-corrected chi connectivity index (χ0v) is 16.6. The molecule has 2 amide bonds. The van der Waals surface area contributed by atoms with Crippen molar-refractivity contribution in [2.45, 2.75) is 6.18 Å². The van der Waals surface area contributed by atoms with Gasteiger partial charge in [0.1, 0.15) is 0 Å². The topological polar surface area (TPSA) is 55.8 Å². The van der Waals surface area contributed by atoms with E-state index >= 15 is 0 Å². The van der Waals surface area contributed by atoms with E-state index in [0.717, 1.165) is 6.07 Å². The van der Waals surface area contributed by atoms with Crippen molar-refractivity contribution >= 4 is 46.3 Å². The molecule has 29 heavy (non-hydrogen) atoms. The maximum Gasteiger partial charge on any atom is 0.417 e. The summed E-state index contributed by atoms with van der Waals surface area (Å²) in [4.78, 5) is 25.8. The third-order valence-corrected chi connectivity index (χ3v) is 5.23. The monoisotopic (exact) mass is 443 g/mol. The number of halogens is 4. The Morgan fingerprint density at radius 2 is 1.83 bits per heavy atom. The van der Waals surface area contributed by atoms with E-state index in [-0.39, 0.29) is 10.6 Å². The van der Waals surface area contributed by atoms with Crippen LogP contribution in [0.2, 0.25) is 5.02 Å². The Morgan fingerprint density at radius 1 is 1.10 bits per heavy atom. The lowest BCUT2D eigenvalue weighted by Gasteiger charge is -2.16. The van der Waals surface area contributed by atoms with Crippen molar-refractivity contribution in [2.24, 2.45) is 0 Å². The number of rotatable bonds is 4. The van der Waals surface area contributed by atoms with Crippen molar-refractivity contribution in [3.63, 3.8) is 0 Å². The Bertz CT molecular complexity index is 1020. The molecule has 1 aliphatic rings. The smallest absolute Gasteiger partial charge is 0.417 e. The van der Waals surface area contributed by atoms with Crippen LogP contribution < -0.4 is 14.4 Å². The molecule has 0 spiro atoms. The van der Waals surface area contributed by atoms with E-state index in [9.17, 15) is 22.8 Å². The number of alkyl halides is 3. The molecule has 10 heteroatoms. The lowest BCUT2D eigenvalue weighted by atomic mass is 10.1. The summed E-state index contributed by atoms with van der Waals surface area (Å²) in [7, 11) is 2.88. The number of para-hydroxylation sites is 1. The number of benzene rings is 2. The number of thioether (sulfide) groups is 1. The molecule has 0 atom stereocenters. The van der Waals surface area contributed by atoms with E-state index in [2.05, 4.69) is 0 Å². The third kappa shape index (κ3) is 4.06. The number of carbonyl (C=O) groups is 2. The summed E-state index contributed by atoms with van der Waals surface area (Å²) in [6.45, 7) is 0. The molecular formula is C19H13ClF3NO4S. The molecule has 0 N–H and O–H groups in total. The molecule has 0 aliphatic carbocycles. The number of ether oxygens (including phenoxy) is 2. The van der Waals surface area contributed by atoms with Crippen molar-refractivity contribution in [1.29, 1.82) is 0 Å². The normalized spacial score (nSPS) is 15.9. The lowest BCUT2D eigenvalue weighted by molar-refractivity contribution is -0.137. The first-order chi connectivity index (χ1) is 13.7. The van der Waals surface area contributed by atoms with Gasteiger partial charge in [0.15, 0.2) is 11.5 Å². The second-order valence-electron chi connectivity index (χ2n) is 5.76. The minimum atomic E-state index is -4.72. The molecule has 0 unspecified atom stereocenters. The Hall–Kier alpha value is -2.65. The van der Waals surface area contributed by atoms with Crippen molar-refractivity contribution in [3.05, 3.63) is 57.5 Å². The highest BCUT2D eigenvalue weighted by atomic mass is 35.5. The molecule has 0 bridgehead atoms. The molecule has 152 valence electrons. The van der Waals surface area contributed by atoms with Crippen molar-refractivity contribution in [3.8, 4) is 11.5 Å². The molecule has 5 nitrogen and oxygen atoms in total. The van der Waals surface area contributed by atoms with Crippen LogP contribution in [0.4, 0.5) is 23.7 Å². The molecule has 1 fully saturated rings. The quantitative estimate of drug-likeness (QED) is 0.574. The van der Waals surface area contributed by atoms with Gasteiger partial charge in [0.05, 0.1) is 35.4 Å². The predicted octanol–water partition coefficient (Wildman–Crippen LogP) is 5.62.